The van der Waals surface area contributed by atoms with Gasteiger partial charge in [-0.15, -0.1) is 0 Å². The Morgan fingerprint density at radius 3 is 2.71 bits per heavy atom. The van der Waals surface area contributed by atoms with E-state index in [1.807, 2.05) is 6.07 Å². The summed E-state index contributed by atoms with van der Waals surface area (Å²) in [4.78, 5) is 7.96. The zero-order valence-corrected chi connectivity index (χ0v) is 14.0. The normalized spacial score (nSPS) is 16.0. The van der Waals surface area contributed by atoms with Gasteiger partial charge in [0.25, 0.3) is 0 Å². The van der Waals surface area contributed by atoms with Crippen molar-refractivity contribution in [2.75, 3.05) is 7.11 Å². The summed E-state index contributed by atoms with van der Waals surface area (Å²) in [6.07, 6.45) is 9.48. The molecule has 24 heavy (non-hydrogen) atoms. The first-order chi connectivity index (χ1) is 11.8. The summed E-state index contributed by atoms with van der Waals surface area (Å²) in [6.45, 7) is 0. The minimum absolute atomic E-state index is 0.675. The van der Waals surface area contributed by atoms with Gasteiger partial charge in [-0.2, -0.15) is 0 Å². The highest BCUT2D eigenvalue weighted by Gasteiger charge is 2.16. The molecule has 1 fully saturated rings. The first-order valence-electron chi connectivity index (χ1n) is 8.64. The maximum absolute atomic E-state index is 5.29. The van der Waals surface area contributed by atoms with Crippen molar-refractivity contribution >= 4 is 16.6 Å². The summed E-state index contributed by atoms with van der Waals surface area (Å²) in [5.74, 6) is 1.46. The maximum atomic E-state index is 5.29. The topological polar surface area (TPSA) is 37.9 Å². The molecule has 0 amide bonds. The van der Waals surface area contributed by atoms with Crippen LogP contribution in [0.4, 0.5) is 0 Å². The first kappa shape index (κ1) is 15.0. The molecule has 0 bridgehead atoms. The third-order valence-corrected chi connectivity index (χ3v) is 4.86. The molecule has 3 aromatic rings. The van der Waals surface area contributed by atoms with Crippen LogP contribution in [0.25, 0.3) is 16.6 Å². The lowest BCUT2D eigenvalue weighted by atomic mass is 9.96. The Hall–Kier alpha value is -2.55. The molecule has 0 aliphatic heterocycles. The second-order valence-corrected chi connectivity index (χ2v) is 6.49. The fourth-order valence-electron chi connectivity index (χ4n) is 3.57. The number of benzene rings is 1. The fourth-order valence-corrected chi connectivity index (χ4v) is 3.57. The molecule has 1 saturated carbocycles. The monoisotopic (exact) mass is 318 g/mol. The van der Waals surface area contributed by atoms with Gasteiger partial charge >= 0.3 is 0 Å². The van der Waals surface area contributed by atoms with Crippen molar-refractivity contribution in [3.05, 3.63) is 66.0 Å². The fraction of sp³-hybridized carbons (Fsp3) is 0.286. The average Bonchev–Trinajstić information content (AvgIpc) is 3.28. The molecule has 0 saturated heterocycles. The van der Waals surface area contributed by atoms with E-state index >= 15 is 0 Å². The van der Waals surface area contributed by atoms with Crippen LogP contribution in [-0.2, 0) is 0 Å². The number of nitrogens with one attached hydrogen (secondary N) is 1. The molecule has 4 rings (SSSR count). The Kier molecular flexibility index (Phi) is 4.08. The third-order valence-electron chi connectivity index (χ3n) is 4.86. The number of ether oxygens (including phenoxy) is 1. The van der Waals surface area contributed by atoms with Crippen LogP contribution < -0.4 is 4.74 Å². The number of H-pyrrole nitrogens is 1. The van der Waals surface area contributed by atoms with Crippen molar-refractivity contribution in [3.63, 3.8) is 0 Å². The van der Waals surface area contributed by atoms with E-state index in [1.165, 1.54) is 36.8 Å². The summed E-state index contributed by atoms with van der Waals surface area (Å²) in [5.41, 5.74) is 4.56. The van der Waals surface area contributed by atoms with Gasteiger partial charge in [0.1, 0.15) is 11.4 Å². The van der Waals surface area contributed by atoms with Gasteiger partial charge < -0.3 is 9.72 Å². The summed E-state index contributed by atoms with van der Waals surface area (Å²) in [6, 6.07) is 14.8. The molecule has 1 aromatic carbocycles. The maximum Gasteiger partial charge on any atom is 0.137 e. The van der Waals surface area contributed by atoms with Crippen LogP contribution in [0, 0.1) is 5.92 Å². The number of pyridine rings is 1. The van der Waals surface area contributed by atoms with Gasteiger partial charge in [-0.3, -0.25) is 0 Å². The molecular formula is C21H22N2O. The summed E-state index contributed by atoms with van der Waals surface area (Å²) in [5, 5.41) is 1.08. The molecule has 0 unspecified atom stereocenters. The van der Waals surface area contributed by atoms with E-state index in [0.717, 1.165) is 22.5 Å². The number of hydrogen-bond donors (Lipinski definition) is 1. The van der Waals surface area contributed by atoms with E-state index < -0.39 is 0 Å². The van der Waals surface area contributed by atoms with Crippen LogP contribution in [0.2, 0.25) is 0 Å². The second kappa shape index (κ2) is 6.52. The minimum Gasteiger partial charge on any atom is -0.495 e. The van der Waals surface area contributed by atoms with E-state index in [9.17, 15) is 0 Å². The van der Waals surface area contributed by atoms with Gasteiger partial charge in [0, 0.05) is 16.7 Å². The lowest BCUT2D eigenvalue weighted by molar-refractivity contribution is 0.413. The Labute approximate surface area is 142 Å². The van der Waals surface area contributed by atoms with E-state index in [0.29, 0.717) is 5.92 Å². The Morgan fingerprint density at radius 2 is 1.96 bits per heavy atom. The predicted octanol–water partition coefficient (Wildman–Crippen LogP) is 5.19. The third kappa shape index (κ3) is 2.94. The van der Waals surface area contributed by atoms with Gasteiger partial charge in [-0.05, 0) is 36.5 Å². The first-order valence-corrected chi connectivity index (χ1v) is 8.64. The van der Waals surface area contributed by atoms with Crippen LogP contribution in [0.5, 0.6) is 5.75 Å². The van der Waals surface area contributed by atoms with Gasteiger partial charge in [0.05, 0.1) is 13.3 Å². The summed E-state index contributed by atoms with van der Waals surface area (Å²) >= 11 is 0. The average molecular weight is 318 g/mol. The summed E-state index contributed by atoms with van der Waals surface area (Å²) < 4.78 is 5.29. The predicted molar refractivity (Wildman–Crippen MR) is 98.1 cm³/mol. The number of aromatic amines is 1. The standard InChI is InChI=1S/C21H22N2O/c1-24-18-12-17-13-20(23-21(17)22-14-18)19(11-15-7-5-6-8-15)16-9-3-2-4-10-16/h2-4,9-15H,5-8H2,1H3,(H,22,23). The van der Waals surface area contributed by atoms with Crippen molar-refractivity contribution in [2.45, 2.75) is 25.7 Å². The van der Waals surface area contributed by atoms with E-state index in [1.54, 1.807) is 13.3 Å². The SMILES string of the molecule is COc1cnc2[nH]c(C(=CC3CCCC3)c3ccccc3)cc2c1. The Balaban J connectivity index is 1.80. The minimum atomic E-state index is 0.675. The molecular weight excluding hydrogens is 296 g/mol. The van der Waals surface area contributed by atoms with Crippen LogP contribution in [0.3, 0.4) is 0 Å². The molecule has 3 heteroatoms. The molecule has 1 aliphatic carbocycles. The van der Waals surface area contributed by atoms with Crippen LogP contribution in [0.1, 0.15) is 36.9 Å². The highest BCUT2D eigenvalue weighted by atomic mass is 16.5. The van der Waals surface area contributed by atoms with Crippen molar-refractivity contribution < 1.29 is 4.74 Å². The summed E-state index contributed by atoms with van der Waals surface area (Å²) in [7, 11) is 1.67. The largest absolute Gasteiger partial charge is 0.495 e. The second-order valence-electron chi connectivity index (χ2n) is 6.49. The molecule has 1 N–H and O–H groups in total. The molecule has 3 nitrogen and oxygen atoms in total. The number of fused-ring (bicyclic) bond motifs is 1. The lowest BCUT2D eigenvalue weighted by Gasteiger charge is -2.10. The molecule has 2 heterocycles. The van der Waals surface area contributed by atoms with Crippen molar-refractivity contribution in [3.8, 4) is 5.75 Å². The Bertz CT molecular complexity index is 858. The highest BCUT2D eigenvalue weighted by molar-refractivity contribution is 5.87. The van der Waals surface area contributed by atoms with Gasteiger partial charge in [0.2, 0.25) is 0 Å². The van der Waals surface area contributed by atoms with Crippen LogP contribution >= 0.6 is 0 Å². The van der Waals surface area contributed by atoms with Gasteiger partial charge in [-0.25, -0.2) is 4.98 Å². The molecule has 2 aromatic heterocycles. The van der Waals surface area contributed by atoms with Gasteiger partial charge in [0.15, 0.2) is 0 Å². The van der Waals surface area contributed by atoms with E-state index in [-0.39, 0.29) is 0 Å². The van der Waals surface area contributed by atoms with Crippen molar-refractivity contribution in [1.29, 1.82) is 0 Å². The quantitative estimate of drug-likeness (QED) is 0.718. The van der Waals surface area contributed by atoms with Crippen LogP contribution in [0.15, 0.2) is 54.7 Å². The molecule has 1 aliphatic rings. The van der Waals surface area contributed by atoms with Gasteiger partial charge in [-0.1, -0.05) is 49.2 Å². The van der Waals surface area contributed by atoms with Crippen molar-refractivity contribution in [2.24, 2.45) is 5.92 Å². The number of rotatable bonds is 4. The van der Waals surface area contributed by atoms with E-state index in [4.69, 9.17) is 4.74 Å². The lowest BCUT2D eigenvalue weighted by Crippen LogP contribution is -1.94. The number of nitrogens with zero attached hydrogens (tertiary/aromatic N) is 1. The molecule has 0 spiro atoms. The van der Waals surface area contributed by atoms with Crippen molar-refractivity contribution in [1.82, 2.24) is 9.97 Å². The zero-order valence-electron chi connectivity index (χ0n) is 14.0. The number of methoxy groups -OCH3 is 1. The van der Waals surface area contributed by atoms with E-state index in [2.05, 4.69) is 52.4 Å². The number of aromatic nitrogens is 2. The molecule has 122 valence electrons. The molecule has 0 atom stereocenters. The highest BCUT2D eigenvalue weighted by Crippen LogP contribution is 2.33. The number of hydrogen-bond acceptors (Lipinski definition) is 2. The zero-order chi connectivity index (χ0) is 16.4. The smallest absolute Gasteiger partial charge is 0.137 e. The Morgan fingerprint density at radius 1 is 1.17 bits per heavy atom. The number of allylic oxidation sites excluding steroid dienone is 1. The molecule has 0 radical (unpaired) electrons. The van der Waals surface area contributed by atoms with Crippen LogP contribution in [-0.4, -0.2) is 17.1 Å².